The molecular weight excluding hydrogens is 322 g/mol. The van der Waals surface area contributed by atoms with E-state index < -0.39 is 15.9 Å². The third-order valence-electron chi connectivity index (χ3n) is 3.86. The lowest BCUT2D eigenvalue weighted by Crippen LogP contribution is -2.24. The fourth-order valence-corrected chi connectivity index (χ4v) is 3.61. The van der Waals surface area contributed by atoms with Gasteiger partial charge in [-0.2, -0.15) is 0 Å². The van der Waals surface area contributed by atoms with Gasteiger partial charge in [-0.15, -0.1) is 0 Å². The van der Waals surface area contributed by atoms with E-state index in [0.29, 0.717) is 12.1 Å². The first-order valence-electron chi connectivity index (χ1n) is 7.12. The third kappa shape index (κ3) is 3.57. The van der Waals surface area contributed by atoms with Crippen LogP contribution < -0.4 is 20.3 Å². The zero-order valence-corrected chi connectivity index (χ0v) is 14.0. The van der Waals surface area contributed by atoms with Gasteiger partial charge >= 0.3 is 0 Å². The van der Waals surface area contributed by atoms with Gasteiger partial charge in [-0.25, -0.2) is 13.6 Å². The van der Waals surface area contributed by atoms with Crippen LogP contribution >= 0.6 is 0 Å². The normalized spacial score (nSPS) is 15.6. The smallest absolute Gasteiger partial charge is 0.252 e. The predicted octanol–water partition coefficient (Wildman–Crippen LogP) is 0.0459. The molecule has 9 heteroatoms. The summed E-state index contributed by atoms with van der Waals surface area (Å²) in [5, 5.41) is 5.32. The zero-order chi connectivity index (χ0) is 17.2. The standard InChI is InChI=1S/C14H21N3O5S/c1-21-12-9(14(15)18)7-11(23(16,19)20)10(13(12)22-2)8-17-5-3-4-6-17/h7H,3-6,8H2,1-2H3,(H2,15,18)(H2,16,19,20). The molecule has 4 N–H and O–H groups in total. The molecule has 1 aliphatic heterocycles. The van der Waals surface area contributed by atoms with Crippen LogP contribution in [-0.2, 0) is 16.6 Å². The van der Waals surface area contributed by atoms with Gasteiger partial charge in [-0.1, -0.05) is 0 Å². The average Bonchev–Trinajstić information content (AvgIpc) is 2.97. The zero-order valence-electron chi connectivity index (χ0n) is 13.2. The first-order chi connectivity index (χ1) is 10.8. The number of ether oxygens (including phenoxy) is 2. The number of likely N-dealkylation sites (tertiary alicyclic amines) is 1. The number of primary sulfonamides is 1. The number of sulfonamides is 1. The van der Waals surface area contributed by atoms with Gasteiger partial charge in [0.05, 0.1) is 24.7 Å². The number of hydrogen-bond donors (Lipinski definition) is 2. The first-order valence-corrected chi connectivity index (χ1v) is 8.67. The molecule has 2 rings (SSSR count). The van der Waals surface area contributed by atoms with E-state index in [2.05, 4.69) is 4.90 Å². The van der Waals surface area contributed by atoms with Crippen LogP contribution in [-0.4, -0.2) is 46.5 Å². The van der Waals surface area contributed by atoms with Gasteiger partial charge in [0.2, 0.25) is 10.0 Å². The van der Waals surface area contributed by atoms with Crippen molar-refractivity contribution in [3.63, 3.8) is 0 Å². The summed E-state index contributed by atoms with van der Waals surface area (Å²) in [6.45, 7) is 2.05. The Morgan fingerprint density at radius 1 is 1.22 bits per heavy atom. The fourth-order valence-electron chi connectivity index (χ4n) is 2.82. The van der Waals surface area contributed by atoms with Gasteiger partial charge in [-0.05, 0) is 32.0 Å². The minimum Gasteiger partial charge on any atom is -0.492 e. The number of nitrogens with zero attached hydrogens (tertiary/aromatic N) is 1. The Hall–Kier alpha value is -1.84. The van der Waals surface area contributed by atoms with Crippen molar-refractivity contribution in [1.82, 2.24) is 4.90 Å². The van der Waals surface area contributed by atoms with Crippen LogP contribution in [0, 0.1) is 0 Å². The second kappa shape index (κ2) is 6.73. The lowest BCUT2D eigenvalue weighted by atomic mass is 10.1. The van der Waals surface area contributed by atoms with Gasteiger partial charge in [0.25, 0.3) is 5.91 Å². The van der Waals surface area contributed by atoms with Gasteiger partial charge in [0, 0.05) is 12.1 Å². The molecule has 1 heterocycles. The SMILES string of the molecule is COc1c(C(N)=O)cc(S(N)(=O)=O)c(CN2CCCC2)c1OC. The first kappa shape index (κ1) is 17.5. The van der Waals surface area contributed by atoms with E-state index in [0.717, 1.165) is 32.0 Å². The molecule has 23 heavy (non-hydrogen) atoms. The number of benzene rings is 1. The number of primary amides is 1. The Morgan fingerprint density at radius 3 is 2.22 bits per heavy atom. The molecule has 1 fully saturated rings. The van der Waals surface area contributed by atoms with E-state index in [9.17, 15) is 13.2 Å². The van der Waals surface area contributed by atoms with Crippen molar-refractivity contribution in [2.45, 2.75) is 24.3 Å². The molecule has 0 radical (unpaired) electrons. The minimum atomic E-state index is -4.06. The highest BCUT2D eigenvalue weighted by Gasteiger charge is 2.28. The van der Waals surface area contributed by atoms with Gasteiger partial charge in [-0.3, -0.25) is 9.69 Å². The number of nitrogens with two attached hydrogens (primary N) is 2. The summed E-state index contributed by atoms with van der Waals surface area (Å²) in [6.07, 6.45) is 2.09. The Bertz CT molecular complexity index is 712. The molecule has 0 atom stereocenters. The Morgan fingerprint density at radius 2 is 1.78 bits per heavy atom. The molecule has 0 aromatic heterocycles. The molecule has 0 saturated carbocycles. The summed E-state index contributed by atoms with van der Waals surface area (Å²) >= 11 is 0. The lowest BCUT2D eigenvalue weighted by molar-refractivity contribution is 0.0996. The quantitative estimate of drug-likeness (QED) is 0.751. The van der Waals surface area contributed by atoms with Crippen molar-refractivity contribution in [2.75, 3.05) is 27.3 Å². The van der Waals surface area contributed by atoms with E-state index in [1.54, 1.807) is 0 Å². The maximum Gasteiger partial charge on any atom is 0.252 e. The number of methoxy groups -OCH3 is 2. The van der Waals surface area contributed by atoms with Crippen molar-refractivity contribution in [3.05, 3.63) is 17.2 Å². The highest BCUT2D eigenvalue weighted by molar-refractivity contribution is 7.89. The minimum absolute atomic E-state index is 0.0847. The van der Waals surface area contributed by atoms with Crippen molar-refractivity contribution in [3.8, 4) is 11.5 Å². The molecule has 1 saturated heterocycles. The molecule has 0 spiro atoms. The van der Waals surface area contributed by atoms with E-state index >= 15 is 0 Å². The molecule has 0 bridgehead atoms. The molecule has 1 amide bonds. The molecule has 8 nitrogen and oxygen atoms in total. The predicted molar refractivity (Wildman–Crippen MR) is 83.9 cm³/mol. The maximum absolute atomic E-state index is 12.0. The summed E-state index contributed by atoms with van der Waals surface area (Å²) < 4.78 is 34.5. The van der Waals surface area contributed by atoms with E-state index in [4.69, 9.17) is 20.3 Å². The Balaban J connectivity index is 2.71. The fraction of sp³-hybridized carbons (Fsp3) is 0.500. The number of carbonyl (C=O) groups excluding carboxylic acids is 1. The molecule has 1 aliphatic rings. The van der Waals surface area contributed by atoms with Gasteiger partial charge < -0.3 is 15.2 Å². The second-order valence-corrected chi connectivity index (χ2v) is 6.89. The molecule has 0 unspecified atom stereocenters. The molecule has 128 valence electrons. The Labute approximate surface area is 135 Å². The van der Waals surface area contributed by atoms with E-state index in [-0.39, 0.29) is 22.0 Å². The van der Waals surface area contributed by atoms with Crippen LogP contribution in [0.1, 0.15) is 28.8 Å². The van der Waals surface area contributed by atoms with Crippen LogP contribution in [0.5, 0.6) is 11.5 Å². The molecular formula is C14H21N3O5S. The van der Waals surface area contributed by atoms with Gasteiger partial charge in [0.15, 0.2) is 11.5 Å². The highest BCUT2D eigenvalue weighted by atomic mass is 32.2. The lowest BCUT2D eigenvalue weighted by Gasteiger charge is -2.22. The monoisotopic (exact) mass is 343 g/mol. The van der Waals surface area contributed by atoms with Crippen molar-refractivity contribution in [1.29, 1.82) is 0 Å². The number of amides is 1. The van der Waals surface area contributed by atoms with Crippen LogP contribution in [0.4, 0.5) is 0 Å². The summed E-state index contributed by atoms with van der Waals surface area (Å²) in [6, 6.07) is 1.16. The summed E-state index contributed by atoms with van der Waals surface area (Å²) in [4.78, 5) is 13.5. The van der Waals surface area contributed by atoms with Crippen LogP contribution in [0.25, 0.3) is 0 Å². The van der Waals surface area contributed by atoms with E-state index in [1.807, 2.05) is 0 Å². The topological polar surface area (TPSA) is 125 Å². The summed E-state index contributed by atoms with van der Waals surface area (Å²) in [5.74, 6) is -0.543. The number of rotatable bonds is 6. The highest BCUT2D eigenvalue weighted by Crippen LogP contribution is 2.39. The van der Waals surface area contributed by atoms with Crippen LogP contribution in [0.3, 0.4) is 0 Å². The maximum atomic E-state index is 12.0. The van der Waals surface area contributed by atoms with E-state index in [1.165, 1.54) is 14.2 Å². The second-order valence-electron chi connectivity index (χ2n) is 5.36. The van der Waals surface area contributed by atoms with Crippen LogP contribution in [0.2, 0.25) is 0 Å². The Kier molecular flexibility index (Phi) is 5.12. The van der Waals surface area contributed by atoms with Crippen LogP contribution in [0.15, 0.2) is 11.0 Å². The largest absolute Gasteiger partial charge is 0.492 e. The molecule has 0 aliphatic carbocycles. The van der Waals surface area contributed by atoms with Gasteiger partial charge in [0.1, 0.15) is 0 Å². The summed E-state index contributed by atoms with van der Waals surface area (Å²) in [5.41, 5.74) is 5.61. The third-order valence-corrected chi connectivity index (χ3v) is 4.84. The number of hydrogen-bond acceptors (Lipinski definition) is 6. The molecule has 1 aromatic rings. The van der Waals surface area contributed by atoms with Crippen molar-refractivity contribution < 1.29 is 22.7 Å². The summed E-state index contributed by atoms with van der Waals surface area (Å²) in [7, 11) is -1.32. The number of carbonyl (C=O) groups is 1. The van der Waals surface area contributed by atoms with Crippen molar-refractivity contribution >= 4 is 15.9 Å². The molecule has 1 aromatic carbocycles. The average molecular weight is 343 g/mol. The van der Waals surface area contributed by atoms with Crippen molar-refractivity contribution in [2.24, 2.45) is 10.9 Å².